The molecule has 2 N–H and O–H groups in total. The molecule has 0 aliphatic carbocycles. The summed E-state index contributed by atoms with van der Waals surface area (Å²) in [5.41, 5.74) is 2.25. The summed E-state index contributed by atoms with van der Waals surface area (Å²) in [4.78, 5) is 2.17. The van der Waals surface area contributed by atoms with Crippen molar-refractivity contribution in [2.24, 2.45) is 0 Å². The van der Waals surface area contributed by atoms with Crippen molar-refractivity contribution < 1.29 is 5.11 Å². The van der Waals surface area contributed by atoms with Crippen LogP contribution < -0.4 is 10.2 Å². The fraction of sp³-hybridized carbons (Fsp3) is 0.500. The highest BCUT2D eigenvalue weighted by Crippen LogP contribution is 2.32. The second-order valence-corrected chi connectivity index (χ2v) is 4.57. The van der Waals surface area contributed by atoms with E-state index in [0.29, 0.717) is 6.54 Å². The highest BCUT2D eigenvalue weighted by molar-refractivity contribution is 6.33. The average Bonchev–Trinajstić information content (AvgIpc) is 2.65. The first-order valence-electron chi connectivity index (χ1n) is 5.57. The molecule has 0 amide bonds. The van der Waals surface area contributed by atoms with Crippen LogP contribution in [0.25, 0.3) is 0 Å². The van der Waals surface area contributed by atoms with Gasteiger partial charge in [0.25, 0.3) is 0 Å². The van der Waals surface area contributed by atoms with Gasteiger partial charge in [0.05, 0.1) is 16.8 Å². The molecule has 1 aliphatic rings. The topological polar surface area (TPSA) is 35.5 Å². The van der Waals surface area contributed by atoms with E-state index in [2.05, 4.69) is 16.3 Å². The van der Waals surface area contributed by atoms with Crippen molar-refractivity contribution in [2.75, 3.05) is 25.0 Å². The van der Waals surface area contributed by atoms with Crippen LogP contribution in [-0.4, -0.2) is 31.3 Å². The van der Waals surface area contributed by atoms with E-state index < -0.39 is 0 Å². The van der Waals surface area contributed by atoms with E-state index in [1.54, 1.807) is 0 Å². The molecule has 1 aromatic carbocycles. The summed E-state index contributed by atoms with van der Waals surface area (Å²) in [5.74, 6) is 0. The predicted octanol–water partition coefficient (Wildman–Crippen LogP) is 1.63. The molecule has 0 bridgehead atoms. The fourth-order valence-electron chi connectivity index (χ4n) is 2.19. The van der Waals surface area contributed by atoms with Gasteiger partial charge in [0.1, 0.15) is 0 Å². The van der Waals surface area contributed by atoms with Crippen LogP contribution in [-0.2, 0) is 6.54 Å². The first-order chi connectivity index (χ1) is 7.72. The first kappa shape index (κ1) is 11.7. The van der Waals surface area contributed by atoms with E-state index >= 15 is 0 Å². The Morgan fingerprint density at radius 3 is 3.00 bits per heavy atom. The summed E-state index contributed by atoms with van der Waals surface area (Å²) >= 11 is 6.24. The molecule has 88 valence electrons. The Hall–Kier alpha value is -0.770. The van der Waals surface area contributed by atoms with Crippen LogP contribution in [0.15, 0.2) is 18.2 Å². The number of anilines is 1. The Labute approximate surface area is 101 Å². The van der Waals surface area contributed by atoms with Crippen LogP contribution in [0.4, 0.5) is 5.69 Å². The molecule has 0 saturated carbocycles. The number of rotatable bonds is 3. The summed E-state index contributed by atoms with van der Waals surface area (Å²) in [6, 6.07) is 5.94. The quantitative estimate of drug-likeness (QED) is 0.843. The van der Waals surface area contributed by atoms with Crippen LogP contribution in [0.2, 0.25) is 5.02 Å². The van der Waals surface area contributed by atoms with E-state index in [4.69, 9.17) is 11.6 Å². The molecule has 1 aromatic rings. The molecule has 4 heteroatoms. The molecule has 0 spiro atoms. The minimum absolute atomic E-state index is 0.223. The van der Waals surface area contributed by atoms with Crippen molar-refractivity contribution in [2.45, 2.75) is 19.1 Å². The Morgan fingerprint density at radius 2 is 2.38 bits per heavy atom. The smallest absolute Gasteiger partial charge is 0.0731 e. The van der Waals surface area contributed by atoms with Crippen molar-refractivity contribution in [1.82, 2.24) is 5.32 Å². The third-order valence-corrected chi connectivity index (χ3v) is 3.22. The molecule has 1 heterocycles. The van der Waals surface area contributed by atoms with Crippen LogP contribution in [0.1, 0.15) is 12.0 Å². The van der Waals surface area contributed by atoms with E-state index in [1.165, 1.54) is 5.56 Å². The molecule has 2 rings (SSSR count). The summed E-state index contributed by atoms with van der Waals surface area (Å²) in [7, 11) is 1.92. The number of para-hydroxylation sites is 1. The van der Waals surface area contributed by atoms with Gasteiger partial charge in [-0.25, -0.2) is 0 Å². The number of nitrogens with one attached hydrogen (secondary N) is 1. The van der Waals surface area contributed by atoms with Crippen LogP contribution >= 0.6 is 11.6 Å². The highest BCUT2D eigenvalue weighted by atomic mass is 35.5. The molecular formula is C12H17ClN2O. The van der Waals surface area contributed by atoms with Gasteiger partial charge in [-0.15, -0.1) is 0 Å². The van der Waals surface area contributed by atoms with E-state index in [1.807, 2.05) is 19.2 Å². The van der Waals surface area contributed by atoms with Crippen molar-refractivity contribution >= 4 is 17.3 Å². The zero-order valence-corrected chi connectivity index (χ0v) is 10.2. The first-order valence-corrected chi connectivity index (χ1v) is 5.95. The summed E-state index contributed by atoms with van der Waals surface area (Å²) < 4.78 is 0. The van der Waals surface area contributed by atoms with Crippen molar-refractivity contribution in [3.05, 3.63) is 28.8 Å². The van der Waals surface area contributed by atoms with Gasteiger partial charge in [-0.1, -0.05) is 23.7 Å². The zero-order chi connectivity index (χ0) is 11.5. The highest BCUT2D eigenvalue weighted by Gasteiger charge is 2.23. The molecule has 1 atom stereocenters. The number of hydrogen-bond acceptors (Lipinski definition) is 3. The van der Waals surface area contributed by atoms with Gasteiger partial charge < -0.3 is 15.3 Å². The number of halogens is 1. The third kappa shape index (κ3) is 2.32. The lowest BCUT2D eigenvalue weighted by Gasteiger charge is -2.22. The van der Waals surface area contributed by atoms with Crippen LogP contribution in [0, 0.1) is 0 Å². The maximum absolute atomic E-state index is 9.57. The van der Waals surface area contributed by atoms with Gasteiger partial charge in [-0.05, 0) is 25.1 Å². The molecule has 1 saturated heterocycles. The maximum Gasteiger partial charge on any atom is 0.0731 e. The van der Waals surface area contributed by atoms with Gasteiger partial charge in [-0.3, -0.25) is 0 Å². The molecular weight excluding hydrogens is 224 g/mol. The zero-order valence-electron chi connectivity index (χ0n) is 9.41. The molecule has 1 aliphatic heterocycles. The van der Waals surface area contributed by atoms with Crippen molar-refractivity contribution in [3.8, 4) is 0 Å². The van der Waals surface area contributed by atoms with E-state index in [0.717, 1.165) is 30.2 Å². The predicted molar refractivity (Wildman–Crippen MR) is 67.1 cm³/mol. The lowest BCUT2D eigenvalue weighted by atomic mass is 10.1. The lowest BCUT2D eigenvalue weighted by Crippen LogP contribution is -2.23. The Bertz CT molecular complexity index is 370. The van der Waals surface area contributed by atoms with Gasteiger partial charge >= 0.3 is 0 Å². The fourth-order valence-corrected chi connectivity index (χ4v) is 2.51. The molecule has 0 aromatic heterocycles. The van der Waals surface area contributed by atoms with Crippen molar-refractivity contribution in [3.63, 3.8) is 0 Å². The van der Waals surface area contributed by atoms with E-state index in [9.17, 15) is 5.11 Å². The van der Waals surface area contributed by atoms with Gasteiger partial charge in [0.15, 0.2) is 0 Å². The molecule has 3 nitrogen and oxygen atoms in total. The average molecular weight is 241 g/mol. The number of hydrogen-bond donors (Lipinski definition) is 2. The number of benzene rings is 1. The number of nitrogens with zero attached hydrogens (tertiary/aromatic N) is 1. The number of aliphatic hydroxyl groups excluding tert-OH is 1. The molecule has 1 fully saturated rings. The lowest BCUT2D eigenvalue weighted by molar-refractivity contribution is 0.198. The standard InChI is InChI=1S/C12H17ClN2O/c1-14-7-9-3-2-4-11(13)12(9)15-6-5-10(16)8-15/h2-4,10,14,16H,5-8H2,1H3. The van der Waals surface area contributed by atoms with Gasteiger partial charge in [-0.2, -0.15) is 0 Å². The number of β-amino-alcohol motifs (C(OH)–C–C–N with tert-alkyl or cyclic N) is 1. The summed E-state index contributed by atoms with van der Waals surface area (Å²) in [5, 5.41) is 13.5. The van der Waals surface area contributed by atoms with E-state index in [-0.39, 0.29) is 6.10 Å². The Kier molecular flexibility index (Phi) is 3.69. The second-order valence-electron chi connectivity index (χ2n) is 4.17. The third-order valence-electron chi connectivity index (χ3n) is 2.92. The molecule has 1 unspecified atom stereocenters. The van der Waals surface area contributed by atoms with Crippen molar-refractivity contribution in [1.29, 1.82) is 0 Å². The van der Waals surface area contributed by atoms with Crippen LogP contribution in [0.5, 0.6) is 0 Å². The Balaban J connectivity index is 2.30. The molecule has 0 radical (unpaired) electrons. The maximum atomic E-state index is 9.57. The Morgan fingerprint density at radius 1 is 1.56 bits per heavy atom. The SMILES string of the molecule is CNCc1cccc(Cl)c1N1CCC(O)C1. The van der Waals surface area contributed by atoms with Gasteiger partial charge in [0.2, 0.25) is 0 Å². The van der Waals surface area contributed by atoms with Gasteiger partial charge in [0, 0.05) is 19.6 Å². The normalized spacial score (nSPS) is 20.4. The second kappa shape index (κ2) is 5.04. The monoisotopic (exact) mass is 240 g/mol. The number of aliphatic hydroxyl groups is 1. The summed E-state index contributed by atoms with van der Waals surface area (Å²) in [6.45, 7) is 2.35. The minimum Gasteiger partial charge on any atom is -0.391 e. The molecule has 16 heavy (non-hydrogen) atoms. The largest absolute Gasteiger partial charge is 0.391 e. The van der Waals surface area contributed by atoms with Crippen LogP contribution in [0.3, 0.4) is 0 Å². The minimum atomic E-state index is -0.223. The summed E-state index contributed by atoms with van der Waals surface area (Å²) in [6.07, 6.45) is 0.600.